The topological polar surface area (TPSA) is 60.9 Å². The molecule has 0 amide bonds. The van der Waals surface area contributed by atoms with Crippen LogP contribution in [0.3, 0.4) is 0 Å². The van der Waals surface area contributed by atoms with Gasteiger partial charge in [0.1, 0.15) is 11.0 Å². The predicted molar refractivity (Wildman–Crippen MR) is 100 cm³/mol. The molecule has 0 bridgehead atoms. The van der Waals surface area contributed by atoms with Crippen molar-refractivity contribution in [3.8, 4) is 16.1 Å². The van der Waals surface area contributed by atoms with E-state index in [-0.39, 0.29) is 5.56 Å². The van der Waals surface area contributed by atoms with Crippen LogP contribution in [0.15, 0.2) is 65.7 Å². The van der Waals surface area contributed by atoms with Crippen molar-refractivity contribution in [2.24, 2.45) is 0 Å². The maximum Gasteiger partial charge on any atom is 0.275 e. The highest BCUT2D eigenvalue weighted by Crippen LogP contribution is 2.31. The van der Waals surface area contributed by atoms with E-state index >= 15 is 0 Å². The Kier molecular flexibility index (Phi) is 3.59. The Labute approximate surface area is 146 Å². The van der Waals surface area contributed by atoms with Crippen LogP contribution in [0.5, 0.6) is 0 Å². The van der Waals surface area contributed by atoms with Gasteiger partial charge in [0.15, 0.2) is 0 Å². The van der Waals surface area contributed by atoms with Gasteiger partial charge in [-0.3, -0.25) is 9.36 Å². The molecule has 0 aliphatic carbocycles. The predicted octanol–water partition coefficient (Wildman–Crippen LogP) is 4.35. The molecule has 2 aromatic carbocycles. The number of benzene rings is 2. The maximum atomic E-state index is 12.8. The quantitative estimate of drug-likeness (QED) is 0.545. The molecule has 0 unspecified atom stereocenters. The van der Waals surface area contributed by atoms with Crippen LogP contribution in [-0.4, -0.2) is 9.55 Å². The third-order valence-corrected chi connectivity index (χ3v) is 5.15. The molecule has 4 nitrogen and oxygen atoms in total. The lowest BCUT2D eigenvalue weighted by molar-refractivity contribution is 0.967. The summed E-state index contributed by atoms with van der Waals surface area (Å²) in [6, 6.07) is 16.6. The van der Waals surface area contributed by atoms with Crippen LogP contribution in [0.25, 0.3) is 26.3 Å². The average Bonchev–Trinajstić information content (AvgIpc) is 3.02. The Morgan fingerprint density at radius 3 is 2.46 bits per heavy atom. The summed E-state index contributed by atoms with van der Waals surface area (Å²) in [5.41, 5.74) is 8.72. The number of nitrogen functional groups attached to an aromatic ring is 1. The number of anilines is 1. The first-order chi connectivity index (χ1) is 11.6. The zero-order valence-corrected chi connectivity index (χ0v) is 14.0. The molecule has 118 valence electrons. The molecule has 6 heteroatoms. The van der Waals surface area contributed by atoms with Gasteiger partial charge in [-0.25, -0.2) is 4.98 Å². The Balaban J connectivity index is 1.86. The summed E-state index contributed by atoms with van der Waals surface area (Å²) in [6.45, 7) is 0. The zero-order valence-electron chi connectivity index (χ0n) is 12.4. The summed E-state index contributed by atoms with van der Waals surface area (Å²) in [7, 11) is 0. The number of halogens is 1. The van der Waals surface area contributed by atoms with E-state index in [1.165, 1.54) is 15.9 Å². The van der Waals surface area contributed by atoms with Gasteiger partial charge in [-0.15, -0.1) is 11.3 Å². The summed E-state index contributed by atoms with van der Waals surface area (Å²) in [4.78, 5) is 18.2. The van der Waals surface area contributed by atoms with Gasteiger partial charge in [-0.1, -0.05) is 23.7 Å². The molecular formula is C18H12ClN3OS. The van der Waals surface area contributed by atoms with E-state index in [1.807, 2.05) is 30.3 Å². The molecule has 0 aliphatic heterocycles. The first-order valence-corrected chi connectivity index (χ1v) is 8.44. The minimum Gasteiger partial charge on any atom is -0.399 e. The second-order valence-electron chi connectivity index (χ2n) is 5.34. The third-order valence-electron chi connectivity index (χ3n) is 3.74. The maximum absolute atomic E-state index is 12.8. The molecule has 0 radical (unpaired) electrons. The minimum atomic E-state index is -0.0880. The SMILES string of the molecule is Nc1ccc(-n2cnc3cc(-c4ccc(Cl)cc4)sc3c2=O)cc1. The fraction of sp³-hybridized carbons (Fsp3) is 0. The third kappa shape index (κ3) is 2.58. The van der Waals surface area contributed by atoms with Crippen molar-refractivity contribution >= 4 is 38.8 Å². The van der Waals surface area contributed by atoms with E-state index < -0.39 is 0 Å². The molecule has 0 atom stereocenters. The van der Waals surface area contributed by atoms with Gasteiger partial charge < -0.3 is 5.73 Å². The van der Waals surface area contributed by atoms with Crippen LogP contribution < -0.4 is 11.3 Å². The second kappa shape index (κ2) is 5.78. The number of hydrogen-bond acceptors (Lipinski definition) is 4. The lowest BCUT2D eigenvalue weighted by atomic mass is 10.2. The van der Waals surface area contributed by atoms with E-state index in [0.29, 0.717) is 20.9 Å². The summed E-state index contributed by atoms with van der Waals surface area (Å²) in [6.07, 6.45) is 1.55. The van der Waals surface area contributed by atoms with Gasteiger partial charge in [0.05, 0.1) is 11.2 Å². The van der Waals surface area contributed by atoms with E-state index in [4.69, 9.17) is 17.3 Å². The van der Waals surface area contributed by atoms with E-state index in [9.17, 15) is 4.79 Å². The van der Waals surface area contributed by atoms with Gasteiger partial charge in [-0.05, 0) is 48.0 Å². The van der Waals surface area contributed by atoms with Crippen molar-refractivity contribution in [2.45, 2.75) is 0 Å². The Morgan fingerprint density at radius 1 is 1.04 bits per heavy atom. The standard InChI is InChI=1S/C18H12ClN3OS/c19-12-3-1-11(2-4-12)16-9-15-17(24-16)18(23)22(10-21-15)14-7-5-13(20)6-8-14/h1-10H,20H2. The van der Waals surface area contributed by atoms with Crippen LogP contribution >= 0.6 is 22.9 Å². The van der Waals surface area contributed by atoms with Gasteiger partial charge in [0.2, 0.25) is 0 Å². The molecule has 4 aromatic rings. The summed E-state index contributed by atoms with van der Waals surface area (Å²) >= 11 is 7.36. The molecule has 24 heavy (non-hydrogen) atoms. The number of aromatic nitrogens is 2. The lowest BCUT2D eigenvalue weighted by Gasteiger charge is -2.04. The van der Waals surface area contributed by atoms with Crippen molar-refractivity contribution in [3.05, 3.63) is 76.3 Å². The lowest BCUT2D eigenvalue weighted by Crippen LogP contribution is -2.17. The molecule has 0 spiro atoms. The van der Waals surface area contributed by atoms with Crippen LogP contribution in [0.1, 0.15) is 0 Å². The molecule has 2 N–H and O–H groups in total. The van der Waals surface area contributed by atoms with Crippen LogP contribution in [0.2, 0.25) is 5.02 Å². The molecule has 0 saturated heterocycles. The highest BCUT2D eigenvalue weighted by atomic mass is 35.5. The number of nitrogens with two attached hydrogens (primary N) is 1. The smallest absolute Gasteiger partial charge is 0.275 e. The van der Waals surface area contributed by atoms with Crippen LogP contribution in [0, 0.1) is 0 Å². The largest absolute Gasteiger partial charge is 0.399 e. The van der Waals surface area contributed by atoms with Crippen molar-refractivity contribution in [1.29, 1.82) is 0 Å². The zero-order chi connectivity index (χ0) is 16.7. The van der Waals surface area contributed by atoms with Gasteiger partial charge in [0, 0.05) is 15.6 Å². The summed E-state index contributed by atoms with van der Waals surface area (Å²) < 4.78 is 2.16. The number of nitrogens with zero attached hydrogens (tertiary/aromatic N) is 2. The fourth-order valence-corrected chi connectivity index (χ4v) is 3.66. The van der Waals surface area contributed by atoms with E-state index in [2.05, 4.69) is 4.98 Å². The van der Waals surface area contributed by atoms with Gasteiger partial charge in [0.25, 0.3) is 5.56 Å². The number of hydrogen-bond donors (Lipinski definition) is 1. The summed E-state index contributed by atoms with van der Waals surface area (Å²) in [5, 5.41) is 0.684. The molecule has 0 saturated carbocycles. The molecule has 2 heterocycles. The summed E-state index contributed by atoms with van der Waals surface area (Å²) in [5.74, 6) is 0. The van der Waals surface area contributed by atoms with Crippen molar-refractivity contribution in [1.82, 2.24) is 9.55 Å². The minimum absolute atomic E-state index is 0.0880. The van der Waals surface area contributed by atoms with Crippen molar-refractivity contribution < 1.29 is 0 Å². The number of rotatable bonds is 2. The van der Waals surface area contributed by atoms with Crippen LogP contribution in [-0.2, 0) is 0 Å². The molecule has 0 aliphatic rings. The van der Waals surface area contributed by atoms with Crippen LogP contribution in [0.4, 0.5) is 5.69 Å². The van der Waals surface area contributed by atoms with E-state index in [0.717, 1.165) is 16.1 Å². The van der Waals surface area contributed by atoms with Crippen molar-refractivity contribution in [2.75, 3.05) is 5.73 Å². The highest BCUT2D eigenvalue weighted by Gasteiger charge is 2.11. The molecule has 0 fully saturated rings. The monoisotopic (exact) mass is 353 g/mol. The number of fused-ring (bicyclic) bond motifs is 1. The van der Waals surface area contributed by atoms with E-state index in [1.54, 1.807) is 30.6 Å². The first kappa shape index (κ1) is 14.9. The van der Waals surface area contributed by atoms with Gasteiger partial charge in [-0.2, -0.15) is 0 Å². The van der Waals surface area contributed by atoms with Crippen molar-refractivity contribution in [3.63, 3.8) is 0 Å². The molecule has 2 aromatic heterocycles. The Hall–Kier alpha value is -2.63. The normalized spacial score (nSPS) is 11.0. The molecule has 4 rings (SSSR count). The Bertz CT molecular complexity index is 1080. The Morgan fingerprint density at radius 2 is 1.75 bits per heavy atom. The number of thiophene rings is 1. The molecular weight excluding hydrogens is 342 g/mol. The fourth-order valence-electron chi connectivity index (χ4n) is 2.49. The first-order valence-electron chi connectivity index (χ1n) is 7.25. The highest BCUT2D eigenvalue weighted by molar-refractivity contribution is 7.22. The van der Waals surface area contributed by atoms with Gasteiger partial charge >= 0.3 is 0 Å². The second-order valence-corrected chi connectivity index (χ2v) is 6.83. The average molecular weight is 354 g/mol.